The number of nitrogens with zero attached hydrogens (tertiary/aromatic N) is 2. The summed E-state index contributed by atoms with van der Waals surface area (Å²) in [6.07, 6.45) is 2.37. The summed E-state index contributed by atoms with van der Waals surface area (Å²) in [6, 6.07) is 15.2. The number of benzene rings is 2. The molecule has 2 aliphatic heterocycles. The first-order valence-electron chi connectivity index (χ1n) is 7.93. The molecule has 0 saturated carbocycles. The van der Waals surface area contributed by atoms with Gasteiger partial charge >= 0.3 is 149 Å². The van der Waals surface area contributed by atoms with Crippen LogP contribution in [-0.2, 0) is 0 Å². The van der Waals surface area contributed by atoms with E-state index in [2.05, 4.69) is 59.3 Å². The van der Waals surface area contributed by atoms with Gasteiger partial charge in [0.25, 0.3) is 0 Å². The Morgan fingerprint density at radius 1 is 0.957 bits per heavy atom. The van der Waals surface area contributed by atoms with Crippen molar-refractivity contribution >= 4 is 47.3 Å². The summed E-state index contributed by atoms with van der Waals surface area (Å²) in [5, 5.41) is 0.825. The monoisotopic (exact) mass is 390 g/mol. The number of hydrogen-bond donors (Lipinski definition) is 0. The fraction of sp³-hybridized carbons (Fsp3) is 0.263. The predicted octanol–water partition coefficient (Wildman–Crippen LogP) is 2.05. The zero-order valence-electron chi connectivity index (χ0n) is 13.1. The molecule has 1 saturated heterocycles. The van der Waals surface area contributed by atoms with Gasteiger partial charge in [-0.15, -0.1) is 0 Å². The van der Waals surface area contributed by atoms with Gasteiger partial charge in [-0.05, 0) is 0 Å². The van der Waals surface area contributed by atoms with E-state index in [1.54, 1.807) is 0 Å². The van der Waals surface area contributed by atoms with Crippen molar-refractivity contribution in [3.05, 3.63) is 58.6 Å². The average Bonchev–Trinajstić information content (AvgIpc) is 2.72. The van der Waals surface area contributed by atoms with Crippen molar-refractivity contribution in [3.8, 4) is 0 Å². The molecule has 0 atom stereocenters. The first-order valence-corrected chi connectivity index (χ1v) is 10.0. The Balaban J connectivity index is 1.84. The number of halogens is 1. The molecule has 0 unspecified atom stereocenters. The van der Waals surface area contributed by atoms with E-state index in [4.69, 9.17) is 11.6 Å². The molecule has 2 nitrogen and oxygen atoms in total. The number of rotatable bonds is 1. The predicted molar refractivity (Wildman–Crippen MR) is 99.9 cm³/mol. The van der Waals surface area contributed by atoms with E-state index in [1.807, 2.05) is 6.07 Å². The molecular formula is C19H19ClN2Se. The van der Waals surface area contributed by atoms with Gasteiger partial charge < -0.3 is 0 Å². The Hall–Kier alpha value is -1.25. The molecule has 1 fully saturated rings. The first-order chi connectivity index (χ1) is 11.2. The van der Waals surface area contributed by atoms with Crippen LogP contribution in [0.1, 0.15) is 11.1 Å². The minimum atomic E-state index is 0.321. The summed E-state index contributed by atoms with van der Waals surface area (Å²) in [5.41, 5.74) is 4.01. The van der Waals surface area contributed by atoms with Gasteiger partial charge in [0.15, 0.2) is 0 Å². The molecule has 118 valence electrons. The van der Waals surface area contributed by atoms with Gasteiger partial charge in [0.2, 0.25) is 0 Å². The Bertz CT molecular complexity index is 764. The van der Waals surface area contributed by atoms with E-state index in [0.29, 0.717) is 15.0 Å². The van der Waals surface area contributed by atoms with Crippen LogP contribution in [0, 0.1) is 0 Å². The SMILES string of the molecule is CN1CCN(C2=Cc3ccccc3[Se]c3ccc(Cl)cc32)CC1. The molecule has 0 amide bonds. The van der Waals surface area contributed by atoms with E-state index < -0.39 is 0 Å². The van der Waals surface area contributed by atoms with Gasteiger partial charge in [0.1, 0.15) is 0 Å². The van der Waals surface area contributed by atoms with Crippen LogP contribution in [0.25, 0.3) is 11.8 Å². The standard InChI is InChI=1S/C19H19ClN2Se/c1-21-8-10-22(11-9-21)17-12-14-4-2-3-5-18(14)23-19-7-6-15(20)13-16(17)19/h2-7,12-13H,8-11H2,1H3. The third-order valence-electron chi connectivity index (χ3n) is 4.49. The Labute approximate surface area is 148 Å². The molecule has 4 rings (SSSR count). The summed E-state index contributed by atoms with van der Waals surface area (Å²) in [6.45, 7) is 4.37. The minimum absolute atomic E-state index is 0.321. The molecule has 2 aromatic carbocycles. The summed E-state index contributed by atoms with van der Waals surface area (Å²) in [7, 11) is 2.20. The third kappa shape index (κ3) is 3.07. The molecule has 2 aromatic rings. The van der Waals surface area contributed by atoms with Crippen LogP contribution >= 0.6 is 11.6 Å². The van der Waals surface area contributed by atoms with Crippen molar-refractivity contribution in [2.75, 3.05) is 33.2 Å². The van der Waals surface area contributed by atoms with E-state index in [0.717, 1.165) is 31.2 Å². The topological polar surface area (TPSA) is 6.48 Å². The Kier molecular flexibility index (Phi) is 4.21. The molecule has 0 spiro atoms. The van der Waals surface area contributed by atoms with Crippen molar-refractivity contribution in [1.29, 1.82) is 0 Å². The summed E-state index contributed by atoms with van der Waals surface area (Å²) in [5.74, 6) is 0. The van der Waals surface area contributed by atoms with E-state index >= 15 is 0 Å². The van der Waals surface area contributed by atoms with Crippen LogP contribution < -0.4 is 8.92 Å². The van der Waals surface area contributed by atoms with Crippen molar-refractivity contribution in [1.82, 2.24) is 9.80 Å². The van der Waals surface area contributed by atoms with Crippen LogP contribution in [0.15, 0.2) is 42.5 Å². The van der Waals surface area contributed by atoms with Crippen molar-refractivity contribution < 1.29 is 0 Å². The number of hydrogen-bond acceptors (Lipinski definition) is 2. The van der Waals surface area contributed by atoms with Gasteiger partial charge in [0.05, 0.1) is 0 Å². The maximum atomic E-state index is 6.32. The molecule has 2 aliphatic rings. The van der Waals surface area contributed by atoms with E-state index in [9.17, 15) is 0 Å². The average molecular weight is 390 g/mol. The van der Waals surface area contributed by atoms with Crippen LogP contribution in [0.4, 0.5) is 0 Å². The van der Waals surface area contributed by atoms with Crippen LogP contribution in [0.5, 0.6) is 0 Å². The van der Waals surface area contributed by atoms with Crippen molar-refractivity contribution in [2.24, 2.45) is 0 Å². The number of fused-ring (bicyclic) bond motifs is 2. The molecule has 0 aromatic heterocycles. The normalized spacial score (nSPS) is 18.0. The van der Waals surface area contributed by atoms with Crippen molar-refractivity contribution in [2.45, 2.75) is 0 Å². The van der Waals surface area contributed by atoms with Gasteiger partial charge in [-0.3, -0.25) is 0 Å². The molecule has 0 N–H and O–H groups in total. The molecular weight excluding hydrogens is 371 g/mol. The molecule has 4 heteroatoms. The summed E-state index contributed by atoms with van der Waals surface area (Å²) < 4.78 is 2.88. The molecule has 2 heterocycles. The Morgan fingerprint density at radius 2 is 1.74 bits per heavy atom. The quantitative estimate of drug-likeness (QED) is 0.689. The van der Waals surface area contributed by atoms with Crippen LogP contribution in [0.3, 0.4) is 0 Å². The van der Waals surface area contributed by atoms with Gasteiger partial charge in [-0.25, -0.2) is 0 Å². The third-order valence-corrected chi connectivity index (χ3v) is 7.18. The molecule has 0 bridgehead atoms. The van der Waals surface area contributed by atoms with Gasteiger partial charge in [-0.2, -0.15) is 0 Å². The second-order valence-electron chi connectivity index (χ2n) is 6.10. The second kappa shape index (κ2) is 6.33. The van der Waals surface area contributed by atoms with E-state index in [-0.39, 0.29) is 0 Å². The molecule has 0 aliphatic carbocycles. The zero-order valence-corrected chi connectivity index (χ0v) is 15.6. The number of likely N-dealkylation sites (N-methyl/N-ethyl adjacent to an activating group) is 1. The van der Waals surface area contributed by atoms with E-state index in [1.165, 1.54) is 25.7 Å². The summed E-state index contributed by atoms with van der Waals surface area (Å²) >= 11 is 6.64. The van der Waals surface area contributed by atoms with Crippen LogP contribution in [0.2, 0.25) is 5.02 Å². The second-order valence-corrected chi connectivity index (χ2v) is 8.81. The van der Waals surface area contributed by atoms with Gasteiger partial charge in [0, 0.05) is 0 Å². The molecule has 0 radical (unpaired) electrons. The summed E-state index contributed by atoms with van der Waals surface area (Å²) in [4.78, 5) is 4.91. The van der Waals surface area contributed by atoms with Crippen molar-refractivity contribution in [3.63, 3.8) is 0 Å². The zero-order chi connectivity index (χ0) is 15.8. The number of piperazine rings is 1. The fourth-order valence-corrected chi connectivity index (χ4v) is 5.49. The molecule has 23 heavy (non-hydrogen) atoms. The van der Waals surface area contributed by atoms with Crippen LogP contribution in [-0.4, -0.2) is 58.0 Å². The fourth-order valence-electron chi connectivity index (χ4n) is 3.14. The first kappa shape index (κ1) is 15.3. The van der Waals surface area contributed by atoms with Gasteiger partial charge in [-0.1, -0.05) is 0 Å². The Morgan fingerprint density at radius 3 is 2.57 bits per heavy atom. The maximum absolute atomic E-state index is 6.32.